The second-order valence-corrected chi connectivity index (χ2v) is 1.68. The normalized spacial score (nSPS) is 10.9. The van der Waals surface area contributed by atoms with Gasteiger partial charge in [0.25, 0.3) is 0 Å². The number of hydrogen-bond acceptors (Lipinski definition) is 1. The number of rotatable bonds is 2. The summed E-state index contributed by atoms with van der Waals surface area (Å²) >= 11 is 0. The fraction of sp³-hybridized carbons (Fsp3) is 1.00. The van der Waals surface area contributed by atoms with Crippen LogP contribution in [-0.2, 0) is 0 Å². The van der Waals surface area contributed by atoms with Crippen molar-refractivity contribution >= 4 is 23.1 Å². The number of halogens is 1. The van der Waals surface area contributed by atoms with Crippen LogP contribution in [0.15, 0.2) is 0 Å². The van der Waals surface area contributed by atoms with Gasteiger partial charge in [-0.3, -0.25) is 0 Å². The Labute approximate surface area is 73.4 Å². The van der Waals surface area contributed by atoms with E-state index < -0.39 is 0 Å². The van der Waals surface area contributed by atoms with Gasteiger partial charge in [0.2, 0.25) is 0 Å². The smallest absolute Gasteiger partial charge is 1.00 e. The van der Waals surface area contributed by atoms with Crippen molar-refractivity contribution in [2.24, 2.45) is 5.92 Å². The predicted octanol–water partition coefficient (Wildman–Crippen LogP) is -2.98. The van der Waals surface area contributed by atoms with Crippen molar-refractivity contribution < 1.29 is 17.5 Å². The molecule has 0 saturated carbocycles. The van der Waals surface area contributed by atoms with Crippen LogP contribution in [0.3, 0.4) is 0 Å². The van der Waals surface area contributed by atoms with E-state index in [1.54, 1.807) is 0 Å². The molecular weight excluding hydrogens is 136 g/mol. The third kappa shape index (κ3) is 10.1. The van der Waals surface area contributed by atoms with Gasteiger partial charge in [-0.25, -0.2) is 0 Å². The molecule has 0 fully saturated rings. The molecule has 1 unspecified atom stereocenters. The molecular formula is C5H11ClMgO. The summed E-state index contributed by atoms with van der Waals surface area (Å²) in [7, 11) is 0. The van der Waals surface area contributed by atoms with Crippen LogP contribution in [0, 0.1) is 5.92 Å². The molecule has 0 amide bonds. The molecule has 1 nitrogen and oxygen atoms in total. The maximum absolute atomic E-state index is 9.86. The minimum Gasteiger partial charge on any atom is -1.00 e. The molecule has 0 aliphatic heterocycles. The summed E-state index contributed by atoms with van der Waals surface area (Å²) in [5.41, 5.74) is 0. The third-order valence-corrected chi connectivity index (χ3v) is 0.981. The molecule has 0 bridgehead atoms. The number of hydrogen-bond donors (Lipinski definition) is 0. The van der Waals surface area contributed by atoms with Crippen LogP contribution in [0.2, 0.25) is 0 Å². The van der Waals surface area contributed by atoms with Gasteiger partial charge in [-0.1, -0.05) is 26.2 Å². The summed E-state index contributed by atoms with van der Waals surface area (Å²) in [5, 5.41) is 9.86. The van der Waals surface area contributed by atoms with E-state index in [2.05, 4.69) is 0 Å². The maximum atomic E-state index is 9.86. The molecule has 46 valence electrons. The average Bonchev–Trinajstić information content (AvgIpc) is 1.65. The standard InChI is InChI=1S/C5H11O.ClH.Mg/c1-3-5(2)4-6;;/h5H,3-4H2,1-2H3;1H;/q-1;;+2/p-1. The van der Waals surface area contributed by atoms with Gasteiger partial charge < -0.3 is 17.5 Å². The van der Waals surface area contributed by atoms with E-state index in [0.29, 0.717) is 5.92 Å². The molecule has 0 rings (SSSR count). The van der Waals surface area contributed by atoms with Crippen molar-refractivity contribution in [3.63, 3.8) is 0 Å². The van der Waals surface area contributed by atoms with Gasteiger partial charge in [0.1, 0.15) is 0 Å². The van der Waals surface area contributed by atoms with Crippen LogP contribution < -0.4 is 17.5 Å². The second kappa shape index (κ2) is 10.9. The van der Waals surface area contributed by atoms with E-state index in [1.165, 1.54) is 0 Å². The minimum atomic E-state index is 0. The molecule has 1 atom stereocenters. The zero-order valence-corrected chi connectivity index (χ0v) is 7.66. The van der Waals surface area contributed by atoms with E-state index in [1.807, 2.05) is 13.8 Å². The fourth-order valence-electron chi connectivity index (χ4n) is 0.118. The monoisotopic (exact) mass is 146 g/mol. The van der Waals surface area contributed by atoms with E-state index in [0.717, 1.165) is 6.42 Å². The molecule has 0 N–H and O–H groups in total. The summed E-state index contributed by atoms with van der Waals surface area (Å²) in [6.45, 7) is 4.08. The van der Waals surface area contributed by atoms with Gasteiger partial charge >= 0.3 is 23.1 Å². The SMILES string of the molecule is CCC(C)C[O-].[Cl-].[Mg+2]. The Bertz CT molecular complexity index is 31.6. The zero-order chi connectivity index (χ0) is 4.99. The van der Waals surface area contributed by atoms with Crippen LogP contribution in [0.1, 0.15) is 20.3 Å². The van der Waals surface area contributed by atoms with Crippen molar-refractivity contribution in [3.8, 4) is 0 Å². The first-order chi connectivity index (χ1) is 2.81. The predicted molar refractivity (Wildman–Crippen MR) is 30.1 cm³/mol. The molecule has 0 aliphatic rings. The summed E-state index contributed by atoms with van der Waals surface area (Å²) in [4.78, 5) is 0. The van der Waals surface area contributed by atoms with Crippen molar-refractivity contribution in [2.75, 3.05) is 6.61 Å². The third-order valence-electron chi connectivity index (χ3n) is 0.981. The molecule has 0 aliphatic carbocycles. The average molecular weight is 147 g/mol. The van der Waals surface area contributed by atoms with Crippen LogP contribution in [0.25, 0.3) is 0 Å². The van der Waals surface area contributed by atoms with Gasteiger partial charge in [-0.2, -0.15) is 0 Å². The molecule has 8 heavy (non-hydrogen) atoms. The molecule has 0 aromatic heterocycles. The molecule has 3 heteroatoms. The summed E-state index contributed by atoms with van der Waals surface area (Å²) in [6, 6.07) is 0. The first-order valence-electron chi connectivity index (χ1n) is 2.39. The van der Waals surface area contributed by atoms with Gasteiger partial charge in [-0.15, -0.1) is 6.61 Å². The molecule has 0 spiro atoms. The van der Waals surface area contributed by atoms with Gasteiger partial charge in [0, 0.05) is 0 Å². The van der Waals surface area contributed by atoms with Gasteiger partial charge in [-0.05, 0) is 0 Å². The molecule has 0 aromatic rings. The van der Waals surface area contributed by atoms with Crippen molar-refractivity contribution in [1.82, 2.24) is 0 Å². The zero-order valence-electron chi connectivity index (χ0n) is 5.48. The molecule has 0 saturated heterocycles. The summed E-state index contributed by atoms with van der Waals surface area (Å²) in [5.74, 6) is 0.380. The van der Waals surface area contributed by atoms with Crippen LogP contribution >= 0.6 is 0 Å². The summed E-state index contributed by atoms with van der Waals surface area (Å²) in [6.07, 6.45) is 1.02. The molecule has 0 aromatic carbocycles. The quantitative estimate of drug-likeness (QED) is 0.382. The first kappa shape index (κ1) is 16.0. The van der Waals surface area contributed by atoms with Crippen molar-refractivity contribution in [1.29, 1.82) is 0 Å². The van der Waals surface area contributed by atoms with E-state index in [4.69, 9.17) is 0 Å². The Kier molecular flexibility index (Phi) is 21.8. The Balaban J connectivity index is -0.000000125. The van der Waals surface area contributed by atoms with E-state index >= 15 is 0 Å². The molecule has 0 heterocycles. The van der Waals surface area contributed by atoms with Gasteiger partial charge in [0.05, 0.1) is 0 Å². The Morgan fingerprint density at radius 1 is 1.50 bits per heavy atom. The Morgan fingerprint density at radius 3 is 1.88 bits per heavy atom. The molecule has 0 radical (unpaired) electrons. The van der Waals surface area contributed by atoms with E-state index in [9.17, 15) is 5.11 Å². The fourth-order valence-corrected chi connectivity index (χ4v) is 0.118. The van der Waals surface area contributed by atoms with Gasteiger partial charge in [0.15, 0.2) is 0 Å². The summed E-state index contributed by atoms with van der Waals surface area (Å²) < 4.78 is 0. The van der Waals surface area contributed by atoms with Crippen LogP contribution in [0.5, 0.6) is 0 Å². The largest absolute Gasteiger partial charge is 2.00 e. The van der Waals surface area contributed by atoms with Crippen molar-refractivity contribution in [3.05, 3.63) is 0 Å². The van der Waals surface area contributed by atoms with Crippen LogP contribution in [-0.4, -0.2) is 29.7 Å². The topological polar surface area (TPSA) is 23.1 Å². The van der Waals surface area contributed by atoms with Crippen molar-refractivity contribution in [2.45, 2.75) is 20.3 Å². The first-order valence-corrected chi connectivity index (χ1v) is 2.39. The maximum Gasteiger partial charge on any atom is 2.00 e. The minimum absolute atomic E-state index is 0. The Hall–Kier alpha value is 1.02. The second-order valence-electron chi connectivity index (χ2n) is 1.68. The van der Waals surface area contributed by atoms with Crippen LogP contribution in [0.4, 0.5) is 0 Å². The van der Waals surface area contributed by atoms with E-state index in [-0.39, 0.29) is 42.1 Å². The Morgan fingerprint density at radius 2 is 1.88 bits per heavy atom.